The van der Waals surface area contributed by atoms with Crippen LogP contribution in [0.15, 0.2) is 78.9 Å². The quantitative estimate of drug-likeness (QED) is 0.288. The third-order valence-corrected chi connectivity index (χ3v) is 7.03. The molecule has 192 valence electrons. The molecule has 0 aliphatic carbocycles. The van der Waals surface area contributed by atoms with Gasteiger partial charge in [-0.25, -0.2) is 4.79 Å². The van der Waals surface area contributed by atoms with Gasteiger partial charge < -0.3 is 19.7 Å². The maximum atomic E-state index is 13.3. The van der Waals surface area contributed by atoms with Crippen LogP contribution < -0.4 is 15.0 Å². The first-order valence-electron chi connectivity index (χ1n) is 12.0. The van der Waals surface area contributed by atoms with Gasteiger partial charge in [-0.3, -0.25) is 0 Å². The molecule has 5 nitrogen and oxygen atoms in total. The van der Waals surface area contributed by atoms with Crippen molar-refractivity contribution in [1.82, 2.24) is 0 Å². The molecule has 0 saturated carbocycles. The molecule has 0 fully saturated rings. The maximum absolute atomic E-state index is 13.3. The number of benzene rings is 4. The topological polar surface area (TPSA) is 50.8 Å². The zero-order valence-electron chi connectivity index (χ0n) is 20.8. The van der Waals surface area contributed by atoms with Crippen molar-refractivity contribution in [2.45, 2.75) is 18.7 Å². The summed E-state index contributed by atoms with van der Waals surface area (Å²) in [6.07, 6.45) is -4.46. The van der Waals surface area contributed by atoms with Crippen molar-refractivity contribution in [2.24, 2.45) is 0 Å². The lowest BCUT2D eigenvalue weighted by Gasteiger charge is -2.37. The van der Waals surface area contributed by atoms with Crippen molar-refractivity contribution in [3.8, 4) is 11.5 Å². The third-order valence-electron chi connectivity index (χ3n) is 7.03. The van der Waals surface area contributed by atoms with Crippen LogP contribution in [0, 0.1) is 6.92 Å². The van der Waals surface area contributed by atoms with E-state index in [4.69, 9.17) is 9.47 Å². The normalized spacial score (nSPS) is 17.3. The van der Waals surface area contributed by atoms with Crippen molar-refractivity contribution >= 4 is 23.0 Å². The Morgan fingerprint density at radius 2 is 1.61 bits per heavy atom. The van der Waals surface area contributed by atoms with Gasteiger partial charge in [0.25, 0.3) is 0 Å². The van der Waals surface area contributed by atoms with E-state index in [1.807, 2.05) is 62.3 Å². The number of rotatable bonds is 3. The Balaban J connectivity index is 1.55. The number of ether oxygens (including phenoxy) is 2. The van der Waals surface area contributed by atoms with E-state index >= 15 is 0 Å². The first-order valence-corrected chi connectivity index (χ1v) is 12.0. The number of carbonyl (C=O) groups is 1. The summed E-state index contributed by atoms with van der Waals surface area (Å²) in [5.74, 6) is 0.611. The predicted octanol–water partition coefficient (Wildman–Crippen LogP) is 7.39. The van der Waals surface area contributed by atoms with E-state index in [-0.39, 0.29) is 5.69 Å². The fourth-order valence-corrected chi connectivity index (χ4v) is 5.15. The summed E-state index contributed by atoms with van der Waals surface area (Å²) in [7, 11) is 3.85. The fourth-order valence-electron chi connectivity index (χ4n) is 5.15. The highest BCUT2D eigenvalue weighted by Crippen LogP contribution is 2.57. The number of esters is 1. The van der Waals surface area contributed by atoms with Crippen LogP contribution >= 0.6 is 0 Å². The van der Waals surface area contributed by atoms with E-state index in [0.29, 0.717) is 39.4 Å². The number of alkyl halides is 3. The molecule has 2 heterocycles. The minimum Gasteiger partial charge on any atom is -0.456 e. The number of hydrogen-bond donors (Lipinski definition) is 1. The summed E-state index contributed by atoms with van der Waals surface area (Å²) in [6.45, 7) is 1.84. The van der Waals surface area contributed by atoms with Crippen LogP contribution in [-0.2, 0) is 16.5 Å². The first-order chi connectivity index (χ1) is 18.1. The van der Waals surface area contributed by atoms with Crippen molar-refractivity contribution < 1.29 is 27.4 Å². The zero-order valence-corrected chi connectivity index (χ0v) is 20.8. The van der Waals surface area contributed by atoms with Crippen LogP contribution in [-0.4, -0.2) is 20.1 Å². The van der Waals surface area contributed by atoms with Gasteiger partial charge in [0.1, 0.15) is 11.5 Å². The molecule has 4 aromatic rings. The second kappa shape index (κ2) is 8.28. The summed E-state index contributed by atoms with van der Waals surface area (Å²) in [4.78, 5) is 15.1. The number of halogens is 3. The number of anilines is 3. The molecule has 38 heavy (non-hydrogen) atoms. The summed E-state index contributed by atoms with van der Waals surface area (Å²) in [5.41, 5.74) is 2.89. The van der Waals surface area contributed by atoms with E-state index < -0.39 is 23.3 Å². The monoisotopic (exact) mass is 516 g/mol. The molecule has 1 spiro atoms. The molecule has 0 bridgehead atoms. The molecule has 4 aromatic carbocycles. The predicted molar refractivity (Wildman–Crippen MR) is 138 cm³/mol. The molecule has 0 saturated heterocycles. The Labute approximate surface area is 217 Å². The lowest BCUT2D eigenvalue weighted by atomic mass is 9.77. The van der Waals surface area contributed by atoms with Crippen LogP contribution in [0.3, 0.4) is 0 Å². The highest BCUT2D eigenvalue weighted by Gasteiger charge is 2.53. The molecule has 2 aliphatic rings. The van der Waals surface area contributed by atoms with Gasteiger partial charge in [0.15, 0.2) is 5.60 Å². The Hall–Kier alpha value is -4.46. The third kappa shape index (κ3) is 3.59. The first kappa shape index (κ1) is 23.9. The van der Waals surface area contributed by atoms with Crippen LogP contribution in [0.5, 0.6) is 11.5 Å². The second-order valence-corrected chi connectivity index (χ2v) is 9.66. The van der Waals surface area contributed by atoms with E-state index in [9.17, 15) is 18.0 Å². The van der Waals surface area contributed by atoms with Crippen molar-refractivity contribution in [3.05, 3.63) is 112 Å². The maximum Gasteiger partial charge on any atom is 0.416 e. The molecule has 0 amide bonds. The van der Waals surface area contributed by atoms with Gasteiger partial charge in [0.2, 0.25) is 0 Å². The van der Waals surface area contributed by atoms with Gasteiger partial charge in [-0.05, 0) is 61.0 Å². The van der Waals surface area contributed by atoms with E-state index in [1.165, 1.54) is 6.07 Å². The van der Waals surface area contributed by atoms with Gasteiger partial charge >= 0.3 is 12.1 Å². The van der Waals surface area contributed by atoms with Gasteiger partial charge in [-0.2, -0.15) is 13.2 Å². The Morgan fingerprint density at radius 1 is 0.842 bits per heavy atom. The average molecular weight is 517 g/mol. The number of nitrogens with zero attached hydrogens (tertiary/aromatic N) is 1. The molecule has 1 atom stereocenters. The van der Waals surface area contributed by atoms with Crippen molar-refractivity contribution in [3.63, 3.8) is 0 Å². The minimum atomic E-state index is -4.46. The summed E-state index contributed by atoms with van der Waals surface area (Å²) < 4.78 is 52.5. The van der Waals surface area contributed by atoms with Crippen molar-refractivity contribution in [2.75, 3.05) is 24.3 Å². The summed E-state index contributed by atoms with van der Waals surface area (Å²) in [5, 5.41) is 3.12. The SMILES string of the molecule is Cc1cc2c(cc1Nc1cccc(C(F)(F)F)c1)C1(OC(=O)c3ccccc31)c1ccc(N(C)C)cc1O2. The lowest BCUT2D eigenvalue weighted by molar-refractivity contribution is -0.137. The largest absolute Gasteiger partial charge is 0.456 e. The molecule has 0 radical (unpaired) electrons. The lowest BCUT2D eigenvalue weighted by Crippen LogP contribution is -2.33. The number of fused-ring (bicyclic) bond motifs is 6. The molecule has 6 rings (SSSR count). The molecule has 0 aromatic heterocycles. The Morgan fingerprint density at radius 3 is 2.37 bits per heavy atom. The molecular formula is C30H23F3N2O3. The van der Waals surface area contributed by atoms with Gasteiger partial charge in [-0.15, -0.1) is 0 Å². The number of carbonyl (C=O) groups excluding carboxylic acids is 1. The average Bonchev–Trinajstić information content (AvgIpc) is 3.17. The van der Waals surface area contributed by atoms with E-state index in [1.54, 1.807) is 24.3 Å². The highest BCUT2D eigenvalue weighted by molar-refractivity contribution is 5.97. The van der Waals surface area contributed by atoms with E-state index in [0.717, 1.165) is 23.4 Å². The van der Waals surface area contributed by atoms with Gasteiger partial charge in [0.05, 0.1) is 11.1 Å². The van der Waals surface area contributed by atoms with Crippen molar-refractivity contribution in [1.29, 1.82) is 0 Å². The Kier molecular flexibility index (Phi) is 5.21. The molecule has 1 unspecified atom stereocenters. The summed E-state index contributed by atoms with van der Waals surface area (Å²) >= 11 is 0. The van der Waals surface area contributed by atoms with Crippen LogP contribution in [0.25, 0.3) is 0 Å². The standard InChI is InChI=1S/C30H23F3N2O3/c1-17-13-26-24(16-25(17)34-19-8-6-7-18(14-19)30(31,32)33)29(22-10-5-4-9-21(22)28(36)38-29)23-12-11-20(35(2)3)15-27(23)37-26/h4-16,34H,1-3H3. The fraction of sp³-hybridized carbons (Fsp3) is 0.167. The molecule has 2 aliphatic heterocycles. The summed E-state index contributed by atoms with van der Waals surface area (Å²) in [6, 6.07) is 21.6. The van der Waals surface area contributed by atoms with Gasteiger partial charge in [0, 0.05) is 53.9 Å². The zero-order chi connectivity index (χ0) is 26.8. The smallest absolute Gasteiger partial charge is 0.416 e. The van der Waals surface area contributed by atoms with E-state index in [2.05, 4.69) is 5.32 Å². The molecule has 8 heteroatoms. The molecular weight excluding hydrogens is 493 g/mol. The second-order valence-electron chi connectivity index (χ2n) is 9.66. The highest BCUT2D eigenvalue weighted by atomic mass is 19.4. The number of aryl methyl sites for hydroxylation is 1. The molecule has 1 N–H and O–H groups in total. The number of nitrogens with one attached hydrogen (secondary N) is 1. The van der Waals surface area contributed by atoms with Gasteiger partial charge in [-0.1, -0.05) is 24.3 Å². The van der Waals surface area contributed by atoms with Crippen LogP contribution in [0.2, 0.25) is 0 Å². The minimum absolute atomic E-state index is 0.286. The van der Waals surface area contributed by atoms with Crippen LogP contribution in [0.1, 0.15) is 38.2 Å². The Bertz CT molecular complexity index is 1610. The van der Waals surface area contributed by atoms with Crippen LogP contribution in [0.4, 0.5) is 30.2 Å². The number of hydrogen-bond acceptors (Lipinski definition) is 5.